The largest absolute Gasteiger partial charge is 0.292 e. The highest BCUT2D eigenvalue weighted by atomic mass is 32.2. The zero-order chi connectivity index (χ0) is 10.9. The molecule has 0 amide bonds. The molecule has 0 spiro atoms. The molecule has 1 aliphatic rings. The van der Waals surface area contributed by atoms with Crippen molar-refractivity contribution in [3.8, 4) is 0 Å². The monoisotopic (exact) mass is 241 g/mol. The zero-order valence-corrected chi connectivity index (χ0v) is 9.27. The molecular formula is C9H7NO3S2. The Morgan fingerprint density at radius 3 is 2.87 bits per heavy atom. The fourth-order valence-corrected chi connectivity index (χ4v) is 3.70. The minimum Gasteiger partial charge on any atom is -0.210 e. The average Bonchev–Trinajstić information content (AvgIpc) is 2.64. The van der Waals surface area contributed by atoms with Crippen LogP contribution in [0.25, 0.3) is 0 Å². The van der Waals surface area contributed by atoms with Gasteiger partial charge in [-0.25, -0.2) is 4.79 Å². The summed E-state index contributed by atoms with van der Waals surface area (Å²) in [7, 11) is -3.85. The second-order valence-electron chi connectivity index (χ2n) is 3.04. The standard InChI is InChI=1S/C9H7NO3S2/c11-6-10-15(12,13)9-3-1-2-7-4-14-5-8(7)9/h1-3H,4-5H2. The lowest BCUT2D eigenvalue weighted by Gasteiger charge is -2.03. The first-order chi connectivity index (χ1) is 7.15. The van der Waals surface area contributed by atoms with Crippen molar-refractivity contribution in [2.24, 2.45) is 4.40 Å². The van der Waals surface area contributed by atoms with Gasteiger partial charge >= 0.3 is 0 Å². The van der Waals surface area contributed by atoms with Crippen molar-refractivity contribution in [2.75, 3.05) is 0 Å². The molecule has 0 fully saturated rings. The van der Waals surface area contributed by atoms with Crippen molar-refractivity contribution < 1.29 is 13.2 Å². The number of benzene rings is 1. The van der Waals surface area contributed by atoms with Gasteiger partial charge in [0.2, 0.25) is 0 Å². The molecule has 0 atom stereocenters. The third kappa shape index (κ3) is 1.84. The van der Waals surface area contributed by atoms with Crippen LogP contribution in [0.1, 0.15) is 11.1 Å². The van der Waals surface area contributed by atoms with Crippen LogP contribution >= 0.6 is 11.8 Å². The van der Waals surface area contributed by atoms with Crippen LogP contribution in [0.4, 0.5) is 0 Å². The quantitative estimate of drug-likeness (QED) is 0.581. The summed E-state index contributed by atoms with van der Waals surface area (Å²) >= 11 is 1.65. The summed E-state index contributed by atoms with van der Waals surface area (Å²) in [5.41, 5.74) is 1.77. The van der Waals surface area contributed by atoms with Crippen LogP contribution in [0.5, 0.6) is 0 Å². The Balaban J connectivity index is 2.65. The first kappa shape index (κ1) is 10.4. The Morgan fingerprint density at radius 1 is 1.33 bits per heavy atom. The van der Waals surface area contributed by atoms with Crippen LogP contribution in [0.3, 0.4) is 0 Å². The Labute approximate surface area is 91.5 Å². The maximum atomic E-state index is 11.6. The second kappa shape index (κ2) is 3.81. The van der Waals surface area contributed by atoms with E-state index in [0.717, 1.165) is 23.0 Å². The Bertz CT molecular complexity index is 544. The van der Waals surface area contributed by atoms with E-state index in [2.05, 4.69) is 4.40 Å². The highest BCUT2D eigenvalue weighted by molar-refractivity contribution is 7.98. The molecular weight excluding hydrogens is 234 g/mol. The van der Waals surface area contributed by atoms with Crippen LogP contribution < -0.4 is 0 Å². The van der Waals surface area contributed by atoms with E-state index in [-0.39, 0.29) is 4.90 Å². The van der Waals surface area contributed by atoms with Gasteiger partial charge in [-0.3, -0.25) is 0 Å². The Morgan fingerprint density at radius 2 is 2.13 bits per heavy atom. The van der Waals surface area contributed by atoms with Gasteiger partial charge in [0.25, 0.3) is 16.1 Å². The summed E-state index contributed by atoms with van der Waals surface area (Å²) in [5, 5.41) is 0. The normalized spacial score (nSPS) is 14.4. The number of thioether (sulfide) groups is 1. The lowest BCUT2D eigenvalue weighted by molar-refractivity contribution is 0.563. The Hall–Kier alpha value is -1.10. The predicted molar refractivity (Wildman–Crippen MR) is 56.7 cm³/mol. The van der Waals surface area contributed by atoms with Crippen molar-refractivity contribution in [3.05, 3.63) is 29.3 Å². The van der Waals surface area contributed by atoms with Gasteiger partial charge in [-0.15, -0.1) is 0 Å². The van der Waals surface area contributed by atoms with Gasteiger partial charge in [-0.2, -0.15) is 20.2 Å². The maximum Gasteiger partial charge on any atom is 0.292 e. The van der Waals surface area contributed by atoms with E-state index >= 15 is 0 Å². The van der Waals surface area contributed by atoms with Crippen molar-refractivity contribution in [3.63, 3.8) is 0 Å². The van der Waals surface area contributed by atoms with Crippen LogP contribution in [-0.4, -0.2) is 14.5 Å². The molecule has 0 saturated carbocycles. The minimum atomic E-state index is -3.85. The number of hydrogen-bond donors (Lipinski definition) is 0. The van der Waals surface area contributed by atoms with Gasteiger partial charge in [0.15, 0.2) is 0 Å². The number of nitrogens with zero attached hydrogens (tertiary/aromatic N) is 1. The van der Waals surface area contributed by atoms with Gasteiger partial charge in [-0.05, 0) is 17.2 Å². The third-order valence-electron chi connectivity index (χ3n) is 2.17. The van der Waals surface area contributed by atoms with E-state index in [1.54, 1.807) is 17.8 Å². The molecule has 0 N–H and O–H groups in total. The molecule has 15 heavy (non-hydrogen) atoms. The first-order valence-corrected chi connectivity index (χ1v) is 6.77. The van der Waals surface area contributed by atoms with E-state index in [4.69, 9.17) is 0 Å². The molecule has 0 aliphatic carbocycles. The number of sulfonamides is 1. The topological polar surface area (TPSA) is 63.6 Å². The van der Waals surface area contributed by atoms with Crippen LogP contribution in [0.15, 0.2) is 27.5 Å². The Kier molecular flexibility index (Phi) is 2.65. The highest BCUT2D eigenvalue weighted by Gasteiger charge is 2.22. The molecule has 78 valence electrons. The number of isocyanates is 1. The van der Waals surface area contributed by atoms with Gasteiger partial charge < -0.3 is 0 Å². The summed E-state index contributed by atoms with van der Waals surface area (Å²) in [4.78, 5) is 10.2. The molecule has 0 unspecified atom stereocenters. The van der Waals surface area contributed by atoms with Crippen LogP contribution in [-0.2, 0) is 26.3 Å². The molecule has 1 aliphatic heterocycles. The molecule has 6 heteroatoms. The van der Waals surface area contributed by atoms with E-state index in [1.807, 2.05) is 6.07 Å². The van der Waals surface area contributed by atoms with Gasteiger partial charge in [0.05, 0.1) is 4.90 Å². The maximum absolute atomic E-state index is 11.6. The second-order valence-corrected chi connectivity index (χ2v) is 5.60. The molecule has 1 aromatic rings. The molecule has 1 heterocycles. The number of hydrogen-bond acceptors (Lipinski definition) is 4. The van der Waals surface area contributed by atoms with E-state index in [1.165, 1.54) is 6.07 Å². The average molecular weight is 241 g/mol. The number of carbonyl (C=O) groups excluding carboxylic acids is 1. The SMILES string of the molecule is O=C=NS(=O)(=O)c1cccc2c1CSC2. The molecule has 2 rings (SSSR count). The minimum absolute atomic E-state index is 0.133. The lowest BCUT2D eigenvalue weighted by atomic mass is 10.1. The zero-order valence-electron chi connectivity index (χ0n) is 7.63. The number of rotatable bonds is 2. The third-order valence-corrected chi connectivity index (χ3v) is 4.43. The number of fused-ring (bicyclic) bond motifs is 1. The summed E-state index contributed by atoms with van der Waals surface area (Å²) in [6.07, 6.45) is 1.08. The van der Waals surface area contributed by atoms with Crippen molar-refractivity contribution >= 4 is 27.9 Å². The van der Waals surface area contributed by atoms with E-state index in [9.17, 15) is 13.2 Å². The summed E-state index contributed by atoms with van der Waals surface area (Å²) in [6, 6.07) is 5.03. The smallest absolute Gasteiger partial charge is 0.210 e. The first-order valence-electron chi connectivity index (χ1n) is 4.18. The summed E-state index contributed by atoms with van der Waals surface area (Å²) in [5.74, 6) is 1.46. The van der Waals surface area contributed by atoms with Gasteiger partial charge in [0, 0.05) is 11.5 Å². The fourth-order valence-electron chi connectivity index (χ4n) is 1.51. The molecule has 0 bridgehead atoms. The van der Waals surface area contributed by atoms with Gasteiger partial charge in [-0.1, -0.05) is 16.5 Å². The molecule has 0 aromatic heterocycles. The van der Waals surface area contributed by atoms with Crippen molar-refractivity contribution in [2.45, 2.75) is 16.4 Å². The van der Waals surface area contributed by atoms with Crippen LogP contribution in [0.2, 0.25) is 0 Å². The summed E-state index contributed by atoms with van der Waals surface area (Å²) < 4.78 is 26.0. The van der Waals surface area contributed by atoms with Gasteiger partial charge in [0.1, 0.15) is 0 Å². The molecule has 4 nitrogen and oxygen atoms in total. The van der Waals surface area contributed by atoms with E-state index in [0.29, 0.717) is 5.75 Å². The fraction of sp³-hybridized carbons (Fsp3) is 0.222. The van der Waals surface area contributed by atoms with E-state index < -0.39 is 10.0 Å². The predicted octanol–water partition coefficient (Wildman–Crippen LogP) is 1.46. The van der Waals surface area contributed by atoms with Crippen molar-refractivity contribution in [1.82, 2.24) is 0 Å². The highest BCUT2D eigenvalue weighted by Crippen LogP contribution is 2.34. The molecule has 1 aromatic carbocycles. The van der Waals surface area contributed by atoms with Crippen LogP contribution in [0, 0.1) is 0 Å². The molecule has 0 saturated heterocycles. The summed E-state index contributed by atoms with van der Waals surface area (Å²) in [6.45, 7) is 0. The lowest BCUT2D eigenvalue weighted by Crippen LogP contribution is -2.01. The molecule has 0 radical (unpaired) electrons. The van der Waals surface area contributed by atoms with Crippen molar-refractivity contribution in [1.29, 1.82) is 0 Å².